The van der Waals surface area contributed by atoms with Crippen LogP contribution in [0, 0.1) is 11.3 Å². The fourth-order valence-corrected chi connectivity index (χ4v) is 1.61. The van der Waals surface area contributed by atoms with Crippen molar-refractivity contribution in [3.8, 4) is 6.07 Å². The van der Waals surface area contributed by atoms with Crippen molar-refractivity contribution >= 4 is 5.91 Å². The van der Waals surface area contributed by atoms with Crippen molar-refractivity contribution in [2.75, 3.05) is 13.2 Å². The van der Waals surface area contributed by atoms with Crippen LogP contribution in [0.2, 0.25) is 0 Å². The number of benzene rings is 1. The summed E-state index contributed by atoms with van der Waals surface area (Å²) < 4.78 is 5.61. The van der Waals surface area contributed by atoms with Crippen LogP contribution in [0.25, 0.3) is 0 Å². The third kappa shape index (κ3) is 5.11. The monoisotopic (exact) mass is 260 g/mol. The van der Waals surface area contributed by atoms with Gasteiger partial charge in [-0.05, 0) is 37.1 Å². The van der Waals surface area contributed by atoms with Crippen molar-refractivity contribution in [3.05, 3.63) is 35.4 Å². The molecule has 19 heavy (non-hydrogen) atoms. The molecular weight excluding hydrogens is 240 g/mol. The Morgan fingerprint density at radius 2 is 2.05 bits per heavy atom. The van der Waals surface area contributed by atoms with Crippen molar-refractivity contribution in [1.29, 1.82) is 5.26 Å². The van der Waals surface area contributed by atoms with E-state index >= 15 is 0 Å². The van der Waals surface area contributed by atoms with Crippen LogP contribution in [0.4, 0.5) is 0 Å². The molecule has 1 atom stereocenters. The van der Waals surface area contributed by atoms with E-state index in [0.29, 0.717) is 24.3 Å². The summed E-state index contributed by atoms with van der Waals surface area (Å²) in [5.41, 5.74) is 1.11. The first-order valence-electron chi connectivity index (χ1n) is 6.61. The Bertz CT molecular complexity index is 434. The summed E-state index contributed by atoms with van der Waals surface area (Å²) in [5, 5.41) is 11.5. The van der Waals surface area contributed by atoms with E-state index in [4.69, 9.17) is 10.00 Å². The normalized spacial score (nSPS) is 11.6. The van der Waals surface area contributed by atoms with Crippen LogP contribution in [0.1, 0.15) is 42.6 Å². The molecule has 1 aromatic rings. The van der Waals surface area contributed by atoms with Crippen molar-refractivity contribution < 1.29 is 9.53 Å². The Morgan fingerprint density at radius 3 is 2.58 bits per heavy atom. The van der Waals surface area contributed by atoms with Crippen LogP contribution in [0.5, 0.6) is 0 Å². The Balaban J connectivity index is 2.47. The molecule has 0 saturated carbocycles. The second-order valence-corrected chi connectivity index (χ2v) is 4.30. The Labute approximate surface area is 114 Å². The molecule has 0 aliphatic heterocycles. The highest BCUT2D eigenvalue weighted by atomic mass is 16.5. The molecule has 0 heterocycles. The number of hydrogen-bond donors (Lipinski definition) is 1. The Hall–Kier alpha value is -1.86. The molecule has 1 N–H and O–H groups in total. The third-order valence-electron chi connectivity index (χ3n) is 2.78. The van der Waals surface area contributed by atoms with Gasteiger partial charge in [-0.25, -0.2) is 0 Å². The topological polar surface area (TPSA) is 62.1 Å². The molecule has 0 spiro atoms. The van der Waals surface area contributed by atoms with Crippen LogP contribution in [0.15, 0.2) is 24.3 Å². The molecule has 0 radical (unpaired) electrons. The third-order valence-corrected chi connectivity index (χ3v) is 2.78. The van der Waals surface area contributed by atoms with E-state index in [0.717, 1.165) is 12.8 Å². The molecule has 0 aromatic heterocycles. The first kappa shape index (κ1) is 15.2. The number of nitriles is 1. The minimum Gasteiger partial charge on any atom is -0.376 e. The van der Waals surface area contributed by atoms with Gasteiger partial charge in [0.25, 0.3) is 5.91 Å². The Morgan fingerprint density at radius 1 is 1.37 bits per heavy atom. The van der Waals surface area contributed by atoms with Gasteiger partial charge in [-0.1, -0.05) is 13.8 Å². The van der Waals surface area contributed by atoms with Gasteiger partial charge in [0, 0.05) is 18.7 Å². The maximum Gasteiger partial charge on any atom is 0.251 e. The van der Waals surface area contributed by atoms with Crippen molar-refractivity contribution in [2.24, 2.45) is 0 Å². The van der Waals surface area contributed by atoms with E-state index in [9.17, 15) is 4.79 Å². The molecule has 4 nitrogen and oxygen atoms in total. The molecule has 0 fully saturated rings. The van der Waals surface area contributed by atoms with Crippen LogP contribution in [0.3, 0.4) is 0 Å². The number of carbonyl (C=O) groups excluding carboxylic acids is 1. The molecule has 1 aromatic carbocycles. The lowest BCUT2D eigenvalue weighted by Crippen LogP contribution is -2.33. The molecule has 1 amide bonds. The molecule has 4 heteroatoms. The van der Waals surface area contributed by atoms with E-state index in [1.165, 1.54) is 0 Å². The van der Waals surface area contributed by atoms with Crippen LogP contribution >= 0.6 is 0 Å². The molecular formula is C15H20N2O2. The zero-order valence-electron chi connectivity index (χ0n) is 11.5. The van der Waals surface area contributed by atoms with Crippen LogP contribution in [-0.2, 0) is 4.74 Å². The van der Waals surface area contributed by atoms with Crippen molar-refractivity contribution in [3.63, 3.8) is 0 Å². The lowest BCUT2D eigenvalue weighted by atomic mass is 10.1. The summed E-state index contributed by atoms with van der Waals surface area (Å²) in [7, 11) is 0. The second kappa shape index (κ2) is 8.28. The standard InChI is InChI=1S/C15H20N2O2/c1-3-9-19-14(4-2)11-17-15(18)13-7-5-12(10-16)6-8-13/h5-8,14H,3-4,9,11H2,1-2H3,(H,17,18). The fraction of sp³-hybridized carbons (Fsp3) is 0.467. The van der Waals surface area contributed by atoms with Crippen LogP contribution < -0.4 is 5.32 Å². The van der Waals surface area contributed by atoms with E-state index in [2.05, 4.69) is 12.2 Å². The number of amides is 1. The molecule has 0 aliphatic carbocycles. The largest absolute Gasteiger partial charge is 0.376 e. The smallest absolute Gasteiger partial charge is 0.251 e. The highest BCUT2D eigenvalue weighted by Crippen LogP contribution is 2.04. The molecule has 0 aliphatic rings. The minimum absolute atomic E-state index is 0.0577. The number of nitrogens with one attached hydrogen (secondary N) is 1. The molecule has 0 saturated heterocycles. The molecule has 1 rings (SSSR count). The number of rotatable bonds is 7. The molecule has 0 bridgehead atoms. The van der Waals surface area contributed by atoms with Gasteiger partial charge in [0.2, 0.25) is 0 Å². The highest BCUT2D eigenvalue weighted by molar-refractivity contribution is 5.94. The summed E-state index contributed by atoms with van der Waals surface area (Å²) in [6, 6.07) is 8.61. The maximum atomic E-state index is 11.9. The summed E-state index contributed by atoms with van der Waals surface area (Å²) in [5.74, 6) is -0.136. The number of carbonyl (C=O) groups is 1. The summed E-state index contributed by atoms with van der Waals surface area (Å²) >= 11 is 0. The highest BCUT2D eigenvalue weighted by Gasteiger charge is 2.10. The van der Waals surface area contributed by atoms with Gasteiger partial charge in [0.15, 0.2) is 0 Å². The van der Waals surface area contributed by atoms with Gasteiger partial charge in [-0.2, -0.15) is 5.26 Å². The van der Waals surface area contributed by atoms with Crippen molar-refractivity contribution in [2.45, 2.75) is 32.8 Å². The van der Waals surface area contributed by atoms with E-state index < -0.39 is 0 Å². The summed E-state index contributed by atoms with van der Waals surface area (Å²) in [6.45, 7) is 5.32. The Kier molecular flexibility index (Phi) is 6.62. The zero-order chi connectivity index (χ0) is 14.1. The molecule has 1 unspecified atom stereocenters. The van der Waals surface area contributed by atoms with Gasteiger partial charge in [-0.15, -0.1) is 0 Å². The van der Waals surface area contributed by atoms with E-state index in [-0.39, 0.29) is 12.0 Å². The second-order valence-electron chi connectivity index (χ2n) is 4.30. The van der Waals surface area contributed by atoms with Gasteiger partial charge in [0.1, 0.15) is 0 Å². The van der Waals surface area contributed by atoms with Crippen molar-refractivity contribution in [1.82, 2.24) is 5.32 Å². The average molecular weight is 260 g/mol. The van der Waals surface area contributed by atoms with E-state index in [1.54, 1.807) is 24.3 Å². The fourth-order valence-electron chi connectivity index (χ4n) is 1.61. The number of hydrogen-bond acceptors (Lipinski definition) is 3. The van der Waals surface area contributed by atoms with Gasteiger partial charge < -0.3 is 10.1 Å². The predicted molar refractivity (Wildman–Crippen MR) is 73.8 cm³/mol. The lowest BCUT2D eigenvalue weighted by Gasteiger charge is -2.16. The van der Waals surface area contributed by atoms with Crippen LogP contribution in [-0.4, -0.2) is 25.2 Å². The van der Waals surface area contributed by atoms with Gasteiger partial charge in [0.05, 0.1) is 17.7 Å². The predicted octanol–water partition coefficient (Wildman–Crippen LogP) is 2.49. The minimum atomic E-state index is -0.136. The van der Waals surface area contributed by atoms with Gasteiger partial charge in [-0.3, -0.25) is 4.79 Å². The summed E-state index contributed by atoms with van der Waals surface area (Å²) in [6.07, 6.45) is 1.90. The van der Waals surface area contributed by atoms with E-state index in [1.807, 2.05) is 13.0 Å². The molecule has 102 valence electrons. The first-order valence-corrected chi connectivity index (χ1v) is 6.61. The maximum absolute atomic E-state index is 11.9. The average Bonchev–Trinajstić information content (AvgIpc) is 2.47. The summed E-state index contributed by atoms with van der Waals surface area (Å²) in [4.78, 5) is 11.9. The number of nitrogens with zero attached hydrogens (tertiary/aromatic N) is 1. The lowest BCUT2D eigenvalue weighted by molar-refractivity contribution is 0.0491. The van der Waals surface area contributed by atoms with Gasteiger partial charge >= 0.3 is 0 Å². The SMILES string of the molecule is CCCOC(CC)CNC(=O)c1ccc(C#N)cc1. The zero-order valence-corrected chi connectivity index (χ0v) is 11.5. The first-order chi connectivity index (χ1) is 9.21. The quantitative estimate of drug-likeness (QED) is 0.819. The number of ether oxygens (including phenoxy) is 1.